The van der Waals surface area contributed by atoms with Gasteiger partial charge in [0.2, 0.25) is 0 Å². The Labute approximate surface area is 304 Å². The predicted molar refractivity (Wildman–Crippen MR) is 199 cm³/mol. The van der Waals surface area contributed by atoms with Crippen molar-refractivity contribution in [3.63, 3.8) is 0 Å². The van der Waals surface area contributed by atoms with Crippen molar-refractivity contribution in [3.8, 4) is 22.4 Å². The number of hydrogen-bond donors (Lipinski definition) is 1. The number of furan rings is 1. The molecule has 0 spiro atoms. The molecule has 6 aromatic rings. The standard InChI is InChI=1S/C31H22NO.C13H24O2.Ir/c1-18-17-32-28-23-15-20-11-7-8-12-21(20)16-25(23)31(2,3)24-14-13-22(19-9-5-4-6-10-19)30-26(24)27(28)29(18)33-30;1-5-10(6-2)12(14)9-13(15)11(7-3)8-4;/h4-14,16-17H,1-3H3;9-11,14H,5-8H2,1-4H3;/q-1;;/b;12-9-;. The van der Waals surface area contributed by atoms with Crippen LogP contribution in [-0.2, 0) is 30.3 Å². The molecular weight excluding hydrogens is 783 g/mol. The minimum Gasteiger partial charge on any atom is -0.512 e. The van der Waals surface area contributed by atoms with Gasteiger partial charge in [0.15, 0.2) is 5.78 Å². The van der Waals surface area contributed by atoms with Crippen molar-refractivity contribution in [2.24, 2.45) is 11.8 Å². The number of hydrogen-bond acceptors (Lipinski definition) is 4. The van der Waals surface area contributed by atoms with Crippen molar-refractivity contribution < 1.29 is 34.4 Å². The Hall–Kier alpha value is -4.05. The number of aliphatic hydroxyl groups is 1. The van der Waals surface area contributed by atoms with E-state index in [1.165, 1.54) is 28.0 Å². The van der Waals surface area contributed by atoms with Crippen LogP contribution in [0.4, 0.5) is 0 Å². The molecule has 7 rings (SSSR count). The van der Waals surface area contributed by atoms with Gasteiger partial charge >= 0.3 is 0 Å². The van der Waals surface area contributed by atoms with Gasteiger partial charge in [-0.3, -0.25) is 9.78 Å². The predicted octanol–water partition coefficient (Wildman–Crippen LogP) is 12.1. The Morgan fingerprint density at radius 2 is 1.51 bits per heavy atom. The van der Waals surface area contributed by atoms with Crippen molar-refractivity contribution in [1.82, 2.24) is 4.98 Å². The van der Waals surface area contributed by atoms with Crippen molar-refractivity contribution >= 4 is 38.5 Å². The number of pyridine rings is 1. The molecule has 49 heavy (non-hydrogen) atoms. The molecule has 0 saturated carbocycles. The minimum absolute atomic E-state index is 0. The number of rotatable bonds is 8. The van der Waals surface area contributed by atoms with Gasteiger partial charge in [-0.25, -0.2) is 0 Å². The van der Waals surface area contributed by atoms with Gasteiger partial charge in [-0.05, 0) is 49.1 Å². The van der Waals surface area contributed by atoms with Gasteiger partial charge in [-0.2, -0.15) is 0 Å². The summed E-state index contributed by atoms with van der Waals surface area (Å²) in [6, 6.07) is 29.5. The summed E-state index contributed by atoms with van der Waals surface area (Å²) in [5, 5.41) is 14.4. The average molecular weight is 829 g/mol. The fraction of sp³-hybridized carbons (Fsp3) is 0.318. The van der Waals surface area contributed by atoms with Crippen LogP contribution in [0.3, 0.4) is 0 Å². The van der Waals surface area contributed by atoms with Crippen LogP contribution in [0.5, 0.6) is 0 Å². The van der Waals surface area contributed by atoms with E-state index >= 15 is 0 Å². The Balaban J connectivity index is 0.000000252. The third-order valence-electron chi connectivity index (χ3n) is 10.4. The second-order valence-corrected chi connectivity index (χ2v) is 13.6. The summed E-state index contributed by atoms with van der Waals surface area (Å²) in [4.78, 5) is 16.7. The summed E-state index contributed by atoms with van der Waals surface area (Å²) in [5.41, 5.74) is 9.51. The van der Waals surface area contributed by atoms with Gasteiger partial charge in [0, 0.05) is 71.8 Å². The number of carbonyl (C=O) groups excluding carboxylic acids is 1. The molecule has 0 bridgehead atoms. The van der Waals surface area contributed by atoms with Crippen LogP contribution in [0, 0.1) is 24.8 Å². The van der Waals surface area contributed by atoms with Crippen molar-refractivity contribution in [3.05, 3.63) is 114 Å². The molecule has 1 radical (unpaired) electrons. The number of benzene rings is 4. The van der Waals surface area contributed by atoms with Gasteiger partial charge in [0.05, 0.1) is 5.76 Å². The smallest absolute Gasteiger partial charge is 0.162 e. The summed E-state index contributed by atoms with van der Waals surface area (Å²) < 4.78 is 6.67. The fourth-order valence-corrected chi connectivity index (χ4v) is 7.32. The van der Waals surface area contributed by atoms with E-state index in [0.717, 1.165) is 75.6 Å². The zero-order valence-electron chi connectivity index (χ0n) is 29.6. The van der Waals surface area contributed by atoms with Crippen LogP contribution >= 0.6 is 0 Å². The number of aliphatic hydroxyl groups excluding tert-OH is 1. The topological polar surface area (TPSA) is 63.3 Å². The van der Waals surface area contributed by atoms with E-state index in [4.69, 9.17) is 9.40 Å². The molecule has 1 aliphatic carbocycles. The van der Waals surface area contributed by atoms with Gasteiger partial charge in [0.25, 0.3) is 0 Å². The Morgan fingerprint density at radius 3 is 2.18 bits per heavy atom. The zero-order valence-corrected chi connectivity index (χ0v) is 32.0. The van der Waals surface area contributed by atoms with Crippen LogP contribution in [0.1, 0.15) is 83.9 Å². The maximum Gasteiger partial charge on any atom is 0.162 e. The van der Waals surface area contributed by atoms with E-state index < -0.39 is 0 Å². The molecule has 0 fully saturated rings. The largest absolute Gasteiger partial charge is 0.512 e. The summed E-state index contributed by atoms with van der Waals surface area (Å²) in [6.07, 6.45) is 6.84. The summed E-state index contributed by atoms with van der Waals surface area (Å²) in [6.45, 7) is 14.8. The normalized spacial score (nSPS) is 13.4. The third kappa shape index (κ3) is 6.52. The van der Waals surface area contributed by atoms with Crippen molar-refractivity contribution in [2.75, 3.05) is 0 Å². The number of fused-ring (bicyclic) bond motifs is 3. The maximum absolute atomic E-state index is 11.7. The number of carbonyl (C=O) groups is 1. The first-order valence-electron chi connectivity index (χ1n) is 17.4. The van der Waals surface area contributed by atoms with E-state index in [2.05, 4.69) is 93.6 Å². The molecule has 0 unspecified atom stereocenters. The number of allylic oxidation sites excluding steroid dienone is 2. The number of aryl methyl sites for hydroxylation is 1. The molecule has 4 nitrogen and oxygen atoms in total. The molecule has 1 N–H and O–H groups in total. The van der Waals surface area contributed by atoms with Gasteiger partial charge in [-0.15, -0.1) is 23.6 Å². The molecular formula is C44H46IrNO3-. The molecule has 255 valence electrons. The van der Waals surface area contributed by atoms with Crippen LogP contribution in [-0.4, -0.2) is 15.9 Å². The molecule has 0 saturated heterocycles. The second-order valence-electron chi connectivity index (χ2n) is 13.6. The second kappa shape index (κ2) is 14.8. The van der Waals surface area contributed by atoms with E-state index in [-0.39, 0.29) is 48.9 Å². The first kappa shape index (κ1) is 36.2. The van der Waals surface area contributed by atoms with Gasteiger partial charge in [-0.1, -0.05) is 119 Å². The minimum atomic E-state index is -0.241. The molecule has 2 aromatic heterocycles. The van der Waals surface area contributed by atoms with E-state index in [1.807, 2.05) is 40.0 Å². The molecule has 2 heterocycles. The third-order valence-corrected chi connectivity index (χ3v) is 10.4. The first-order valence-corrected chi connectivity index (χ1v) is 17.4. The molecule has 5 heteroatoms. The Morgan fingerprint density at radius 1 is 0.857 bits per heavy atom. The SMILES string of the molecule is CCC(CC)C(=O)/C=C(\O)C(CC)CC.Cc1cnc2c3c1oc1c(-c4ccccc4)ccc(c13)C(C)(C)c1cc3ccccc3[c-]c1-2.[Ir]. The average Bonchev–Trinajstić information content (AvgIpc) is 3.48. The summed E-state index contributed by atoms with van der Waals surface area (Å²) >= 11 is 0. The zero-order chi connectivity index (χ0) is 34.2. The van der Waals surface area contributed by atoms with Gasteiger partial charge < -0.3 is 9.52 Å². The van der Waals surface area contributed by atoms with E-state index in [9.17, 15) is 9.90 Å². The van der Waals surface area contributed by atoms with Crippen LogP contribution in [0.25, 0.3) is 55.1 Å². The number of nitrogens with zero attached hydrogens (tertiary/aromatic N) is 1. The molecule has 1 aliphatic rings. The Kier molecular flexibility index (Phi) is 11.0. The van der Waals surface area contributed by atoms with E-state index in [1.54, 1.807) is 0 Å². The summed E-state index contributed by atoms with van der Waals surface area (Å²) in [7, 11) is 0. The Bertz CT molecular complexity index is 2150. The maximum atomic E-state index is 11.7. The van der Waals surface area contributed by atoms with Gasteiger partial charge in [0.1, 0.15) is 11.2 Å². The van der Waals surface area contributed by atoms with Crippen LogP contribution < -0.4 is 0 Å². The van der Waals surface area contributed by atoms with Crippen LogP contribution in [0.2, 0.25) is 0 Å². The monoisotopic (exact) mass is 829 g/mol. The molecule has 0 aliphatic heterocycles. The van der Waals surface area contributed by atoms with Crippen LogP contribution in [0.15, 0.2) is 95.2 Å². The van der Waals surface area contributed by atoms with Crippen molar-refractivity contribution in [2.45, 2.75) is 79.6 Å². The fourth-order valence-electron chi connectivity index (χ4n) is 7.32. The number of ketones is 1. The first-order chi connectivity index (χ1) is 23.1. The summed E-state index contributed by atoms with van der Waals surface area (Å²) in [5.74, 6) is 0.547. The molecule has 0 amide bonds. The molecule has 0 atom stereocenters. The van der Waals surface area contributed by atoms with Crippen molar-refractivity contribution in [1.29, 1.82) is 0 Å². The molecule has 4 aromatic carbocycles. The van der Waals surface area contributed by atoms with E-state index in [0.29, 0.717) is 0 Å². The quantitative estimate of drug-likeness (QED) is 0.0943. The number of aromatic nitrogens is 1.